The van der Waals surface area contributed by atoms with Gasteiger partial charge in [0.05, 0.1) is 16.7 Å². The van der Waals surface area contributed by atoms with Crippen molar-refractivity contribution < 1.29 is 14.0 Å². The van der Waals surface area contributed by atoms with Crippen molar-refractivity contribution in [3.8, 4) is 33.8 Å². The Morgan fingerprint density at radius 2 is 1.78 bits per heavy atom. The molecule has 0 radical (unpaired) electrons. The summed E-state index contributed by atoms with van der Waals surface area (Å²) < 4.78 is 16.3. The minimum Gasteiger partial charge on any atom is -0.454 e. The lowest BCUT2D eigenvalue weighted by Gasteiger charge is -2.08. The molecule has 0 bridgehead atoms. The third-order valence-corrected chi connectivity index (χ3v) is 4.71. The van der Waals surface area contributed by atoms with Crippen LogP contribution < -0.4 is 9.47 Å². The number of hydrogen-bond donors (Lipinski definition) is 1. The second kappa shape index (κ2) is 6.16. The first-order valence-electron chi connectivity index (χ1n) is 8.44. The van der Waals surface area contributed by atoms with E-state index < -0.39 is 0 Å². The first-order chi connectivity index (χ1) is 12.6. The van der Waals surface area contributed by atoms with Gasteiger partial charge in [-0.2, -0.15) is 0 Å². The molecule has 6 heteroatoms. The highest BCUT2D eigenvalue weighted by Crippen LogP contribution is 2.40. The van der Waals surface area contributed by atoms with Gasteiger partial charge in [-0.25, -0.2) is 4.98 Å². The molecule has 0 amide bonds. The monoisotopic (exact) mass is 363 g/mol. The number of rotatable bonds is 2. The molecule has 1 aliphatic heterocycles. The first-order valence-corrected chi connectivity index (χ1v) is 8.44. The zero-order valence-electron chi connectivity index (χ0n) is 14.7. The van der Waals surface area contributed by atoms with E-state index in [0.717, 1.165) is 62.1 Å². The molecule has 0 spiro atoms. The quantitative estimate of drug-likeness (QED) is 0.531. The maximum absolute atomic E-state index is 5.54. The van der Waals surface area contributed by atoms with Crippen molar-refractivity contribution in [2.75, 3.05) is 6.79 Å². The van der Waals surface area contributed by atoms with Crippen LogP contribution in [0.3, 0.4) is 0 Å². The van der Waals surface area contributed by atoms with Crippen LogP contribution in [0.2, 0.25) is 0 Å². The van der Waals surface area contributed by atoms with E-state index in [1.54, 1.807) is 0 Å². The first kappa shape index (κ1) is 17.1. The summed E-state index contributed by atoms with van der Waals surface area (Å²) in [6, 6.07) is 10.2. The lowest BCUT2D eigenvalue weighted by molar-refractivity contribution is 0.174. The Morgan fingerprint density at radius 1 is 0.963 bits per heavy atom. The normalized spacial score (nSPS) is 12.4. The summed E-state index contributed by atoms with van der Waals surface area (Å²) in [5.74, 6) is 3.20. The van der Waals surface area contributed by atoms with Crippen LogP contribution in [0.1, 0.15) is 24.7 Å². The molecule has 138 valence electrons. The van der Waals surface area contributed by atoms with Crippen LogP contribution >= 0.6 is 0 Å². The summed E-state index contributed by atoms with van der Waals surface area (Å²) in [5.41, 5.74) is 6.89. The molecule has 0 unspecified atom stereocenters. The summed E-state index contributed by atoms with van der Waals surface area (Å²) >= 11 is 0. The van der Waals surface area contributed by atoms with Gasteiger partial charge in [0.1, 0.15) is 11.6 Å². The average molecular weight is 363 g/mol. The molecular weight excluding hydrogens is 342 g/mol. The maximum Gasteiger partial charge on any atom is 0.231 e. The molecule has 0 saturated heterocycles. The fourth-order valence-electron chi connectivity index (χ4n) is 3.56. The fraction of sp³-hybridized carbons (Fsp3) is 0.238. The van der Waals surface area contributed by atoms with Gasteiger partial charge in [-0.05, 0) is 56.2 Å². The van der Waals surface area contributed by atoms with Gasteiger partial charge >= 0.3 is 0 Å². The van der Waals surface area contributed by atoms with Gasteiger partial charge in [0.25, 0.3) is 0 Å². The predicted molar refractivity (Wildman–Crippen MR) is 104 cm³/mol. The van der Waals surface area contributed by atoms with Crippen LogP contribution in [0, 0.1) is 20.8 Å². The summed E-state index contributed by atoms with van der Waals surface area (Å²) in [5, 5.41) is 4.09. The Hall–Kier alpha value is -3.28. The average Bonchev–Trinajstić information content (AvgIpc) is 3.31. The van der Waals surface area contributed by atoms with Crippen LogP contribution in [-0.4, -0.2) is 21.9 Å². The number of aromatic nitrogens is 3. The van der Waals surface area contributed by atoms with Crippen LogP contribution in [-0.2, 0) is 0 Å². The summed E-state index contributed by atoms with van der Waals surface area (Å²) in [7, 11) is 0. The van der Waals surface area contributed by atoms with Crippen LogP contribution in [0.15, 0.2) is 34.9 Å². The van der Waals surface area contributed by atoms with Crippen molar-refractivity contribution in [1.82, 2.24) is 15.1 Å². The van der Waals surface area contributed by atoms with Gasteiger partial charge in [0, 0.05) is 11.1 Å². The lowest BCUT2D eigenvalue weighted by atomic mass is 9.96. The van der Waals surface area contributed by atoms with E-state index in [-0.39, 0.29) is 14.2 Å². The van der Waals surface area contributed by atoms with E-state index in [2.05, 4.69) is 27.3 Å². The van der Waals surface area contributed by atoms with Crippen LogP contribution in [0.25, 0.3) is 33.3 Å². The van der Waals surface area contributed by atoms with E-state index in [0.29, 0.717) is 0 Å². The molecule has 4 aromatic rings. The number of H-pyrrole nitrogens is 1. The van der Waals surface area contributed by atoms with Gasteiger partial charge in [0.2, 0.25) is 6.79 Å². The number of nitrogens with one attached hydrogen (secondary N) is 1. The molecule has 2 aromatic heterocycles. The molecule has 1 N–H and O–H groups in total. The molecule has 27 heavy (non-hydrogen) atoms. The van der Waals surface area contributed by atoms with Gasteiger partial charge in [0.15, 0.2) is 11.5 Å². The predicted octanol–water partition coefficient (Wildman–Crippen LogP) is 5.17. The Balaban J connectivity index is 0.00000180. The second-order valence-corrected chi connectivity index (χ2v) is 6.51. The van der Waals surface area contributed by atoms with E-state index >= 15 is 0 Å². The zero-order chi connectivity index (χ0) is 17.8. The van der Waals surface area contributed by atoms with E-state index in [1.165, 1.54) is 0 Å². The van der Waals surface area contributed by atoms with Crippen molar-refractivity contribution in [2.45, 2.75) is 28.2 Å². The van der Waals surface area contributed by atoms with Crippen molar-refractivity contribution in [2.24, 2.45) is 0 Å². The third-order valence-electron chi connectivity index (χ3n) is 4.71. The number of aryl methyl sites for hydroxylation is 3. The summed E-state index contributed by atoms with van der Waals surface area (Å²) in [6.07, 6.45) is 0. The van der Waals surface area contributed by atoms with Crippen LogP contribution in [0.5, 0.6) is 11.5 Å². The number of fused-ring (bicyclic) bond motifs is 2. The van der Waals surface area contributed by atoms with E-state index in [1.807, 2.05) is 39.0 Å². The molecule has 5 rings (SSSR count). The highest BCUT2D eigenvalue weighted by molar-refractivity contribution is 5.96. The number of benzene rings is 2. The van der Waals surface area contributed by atoms with Gasteiger partial charge in [-0.15, -0.1) is 0 Å². The Bertz CT molecular complexity index is 1140. The summed E-state index contributed by atoms with van der Waals surface area (Å²) in [6.45, 7) is 6.10. The third kappa shape index (κ3) is 2.65. The molecule has 0 atom stereocenters. The van der Waals surface area contributed by atoms with E-state index in [9.17, 15) is 0 Å². The lowest BCUT2D eigenvalue weighted by Crippen LogP contribution is -1.92. The Labute approximate surface area is 157 Å². The molecule has 0 saturated carbocycles. The van der Waals surface area contributed by atoms with Crippen molar-refractivity contribution in [1.29, 1.82) is 0 Å². The van der Waals surface area contributed by atoms with Gasteiger partial charge in [-0.3, -0.25) is 0 Å². The number of hydrogen-bond acceptors (Lipinski definition) is 5. The molecule has 0 aliphatic carbocycles. The number of aromatic amines is 1. The minimum atomic E-state index is 0. The topological polar surface area (TPSA) is 73.2 Å². The van der Waals surface area contributed by atoms with Crippen molar-refractivity contribution >= 4 is 11.0 Å². The zero-order valence-corrected chi connectivity index (χ0v) is 14.7. The molecule has 1 aliphatic rings. The van der Waals surface area contributed by atoms with Gasteiger partial charge < -0.3 is 19.0 Å². The number of ether oxygens (including phenoxy) is 2. The molecule has 0 fully saturated rings. The second-order valence-electron chi connectivity index (χ2n) is 6.51. The Kier molecular flexibility index (Phi) is 3.91. The largest absolute Gasteiger partial charge is 0.454 e. The maximum atomic E-state index is 5.54. The summed E-state index contributed by atoms with van der Waals surface area (Å²) in [4.78, 5) is 8.03. The molecule has 6 nitrogen and oxygen atoms in total. The smallest absolute Gasteiger partial charge is 0.231 e. The minimum absolute atomic E-state index is 0. The highest BCUT2D eigenvalue weighted by atomic mass is 16.7. The molecule has 2 aromatic carbocycles. The van der Waals surface area contributed by atoms with Crippen LogP contribution in [0.4, 0.5) is 0 Å². The number of imidazole rings is 1. The van der Waals surface area contributed by atoms with Gasteiger partial charge in [-0.1, -0.05) is 18.6 Å². The SMILES string of the molecule is C.Cc1nc2c(-c3ccc4c(c3)OCO4)cc(-c3c(C)noc3C)cc2[nH]1. The standard InChI is InChI=1S/C20H17N3O3.CH4/c1-10-19(11(2)26-23-10)14-6-15(20-16(7-14)21-12(3)22-20)13-4-5-17-18(8-13)25-9-24-17;/h4-8H,9H2,1-3H3,(H,21,22);1H4. The Morgan fingerprint density at radius 3 is 2.56 bits per heavy atom. The van der Waals surface area contributed by atoms with Crippen molar-refractivity contribution in [3.05, 3.63) is 47.6 Å². The van der Waals surface area contributed by atoms with E-state index in [4.69, 9.17) is 14.0 Å². The fourth-order valence-corrected chi connectivity index (χ4v) is 3.56. The molecular formula is C21H21N3O3. The molecule has 3 heterocycles. The highest BCUT2D eigenvalue weighted by Gasteiger charge is 2.19. The van der Waals surface area contributed by atoms with Crippen molar-refractivity contribution in [3.63, 3.8) is 0 Å². The number of nitrogens with zero attached hydrogens (tertiary/aromatic N) is 2.